The summed E-state index contributed by atoms with van der Waals surface area (Å²) >= 11 is 0. The Morgan fingerprint density at radius 2 is 2.33 bits per heavy atom. The Morgan fingerprint density at radius 3 is 2.94 bits per heavy atom. The molecule has 0 spiro atoms. The maximum Gasteiger partial charge on any atom is 0.188 e. The molecular weight excluding hydrogens is 230 g/mol. The Balaban J connectivity index is 2.29. The molecule has 1 heterocycles. The SMILES string of the molecule is COCC(C)NC(N)=NCC(C)Cn1cccn1. The standard InChI is InChI=1S/C12H23N5O/c1-10(8-17-6-4-5-15-17)7-14-12(13)16-11(2)9-18-3/h4-6,10-11H,7-9H2,1-3H3,(H3,13,14,16). The second-order valence-corrected chi connectivity index (χ2v) is 4.56. The first-order chi connectivity index (χ1) is 8.61. The molecule has 0 radical (unpaired) electrons. The summed E-state index contributed by atoms with van der Waals surface area (Å²) in [6, 6.07) is 2.08. The molecule has 0 aromatic carbocycles. The van der Waals surface area contributed by atoms with Crippen LogP contribution in [0.15, 0.2) is 23.5 Å². The highest BCUT2D eigenvalue weighted by Crippen LogP contribution is 1.99. The van der Waals surface area contributed by atoms with E-state index in [0.717, 1.165) is 6.54 Å². The number of aliphatic imine (C=N–C) groups is 1. The Labute approximate surface area is 108 Å². The number of nitrogens with two attached hydrogens (primary N) is 1. The predicted molar refractivity (Wildman–Crippen MR) is 72.4 cm³/mol. The predicted octanol–water partition coefficient (Wildman–Crippen LogP) is 0.458. The lowest BCUT2D eigenvalue weighted by molar-refractivity contribution is 0.179. The Bertz CT molecular complexity index is 349. The van der Waals surface area contributed by atoms with Gasteiger partial charge in [0, 0.05) is 38.6 Å². The molecule has 3 N–H and O–H groups in total. The highest BCUT2D eigenvalue weighted by atomic mass is 16.5. The fourth-order valence-electron chi connectivity index (χ4n) is 1.63. The molecule has 0 aliphatic heterocycles. The van der Waals surface area contributed by atoms with Crippen LogP contribution in [-0.4, -0.2) is 42.0 Å². The van der Waals surface area contributed by atoms with Crippen LogP contribution in [0.3, 0.4) is 0 Å². The Hall–Kier alpha value is -1.56. The molecule has 0 fully saturated rings. The van der Waals surface area contributed by atoms with Crippen molar-refractivity contribution < 1.29 is 4.74 Å². The highest BCUT2D eigenvalue weighted by molar-refractivity contribution is 5.78. The van der Waals surface area contributed by atoms with Gasteiger partial charge in [-0.15, -0.1) is 0 Å². The summed E-state index contributed by atoms with van der Waals surface area (Å²) in [5.41, 5.74) is 5.79. The van der Waals surface area contributed by atoms with Gasteiger partial charge in [0.2, 0.25) is 0 Å². The molecule has 1 rings (SSSR count). The summed E-state index contributed by atoms with van der Waals surface area (Å²) in [5, 5.41) is 7.24. The van der Waals surface area contributed by atoms with E-state index in [1.807, 2.05) is 23.9 Å². The minimum Gasteiger partial charge on any atom is -0.383 e. The van der Waals surface area contributed by atoms with Crippen LogP contribution in [0.4, 0.5) is 0 Å². The average Bonchev–Trinajstić information content (AvgIpc) is 2.79. The van der Waals surface area contributed by atoms with E-state index in [1.54, 1.807) is 13.3 Å². The van der Waals surface area contributed by atoms with Crippen molar-refractivity contribution in [3.05, 3.63) is 18.5 Å². The van der Waals surface area contributed by atoms with Gasteiger partial charge in [0.15, 0.2) is 5.96 Å². The summed E-state index contributed by atoms with van der Waals surface area (Å²) in [7, 11) is 1.66. The Kier molecular flexibility index (Phi) is 6.21. The van der Waals surface area contributed by atoms with Crippen LogP contribution >= 0.6 is 0 Å². The number of aromatic nitrogens is 2. The van der Waals surface area contributed by atoms with Crippen LogP contribution in [0.1, 0.15) is 13.8 Å². The molecule has 6 heteroatoms. The fourth-order valence-corrected chi connectivity index (χ4v) is 1.63. The third-order valence-corrected chi connectivity index (χ3v) is 2.44. The van der Waals surface area contributed by atoms with E-state index in [0.29, 0.717) is 25.0 Å². The van der Waals surface area contributed by atoms with Crippen molar-refractivity contribution in [2.45, 2.75) is 26.4 Å². The van der Waals surface area contributed by atoms with Gasteiger partial charge in [0.05, 0.1) is 6.61 Å². The minimum absolute atomic E-state index is 0.167. The van der Waals surface area contributed by atoms with Gasteiger partial charge >= 0.3 is 0 Å². The molecule has 1 aromatic heterocycles. The van der Waals surface area contributed by atoms with E-state index in [2.05, 4.69) is 22.3 Å². The molecule has 1 aromatic rings. The van der Waals surface area contributed by atoms with Gasteiger partial charge in [-0.3, -0.25) is 9.67 Å². The summed E-state index contributed by atoms with van der Waals surface area (Å²) in [5.74, 6) is 0.856. The monoisotopic (exact) mass is 253 g/mol. The van der Waals surface area contributed by atoms with E-state index < -0.39 is 0 Å². The largest absolute Gasteiger partial charge is 0.383 e. The molecular formula is C12H23N5O. The zero-order valence-corrected chi connectivity index (χ0v) is 11.3. The number of methoxy groups -OCH3 is 1. The molecule has 0 saturated carbocycles. The van der Waals surface area contributed by atoms with Gasteiger partial charge in [-0.1, -0.05) is 6.92 Å². The molecule has 0 aliphatic rings. The molecule has 18 heavy (non-hydrogen) atoms. The maximum atomic E-state index is 5.79. The van der Waals surface area contributed by atoms with Gasteiger partial charge in [-0.05, 0) is 18.9 Å². The molecule has 0 aliphatic carbocycles. The van der Waals surface area contributed by atoms with Crippen molar-refractivity contribution >= 4 is 5.96 Å². The average molecular weight is 253 g/mol. The summed E-state index contributed by atoms with van der Waals surface area (Å²) in [6.07, 6.45) is 3.72. The zero-order chi connectivity index (χ0) is 13.4. The third kappa shape index (κ3) is 5.67. The van der Waals surface area contributed by atoms with Crippen LogP contribution in [0.5, 0.6) is 0 Å². The molecule has 2 unspecified atom stereocenters. The number of nitrogens with zero attached hydrogens (tertiary/aromatic N) is 3. The fraction of sp³-hybridized carbons (Fsp3) is 0.667. The van der Waals surface area contributed by atoms with Crippen LogP contribution in [0.25, 0.3) is 0 Å². The van der Waals surface area contributed by atoms with Crippen LogP contribution in [0, 0.1) is 5.92 Å². The van der Waals surface area contributed by atoms with Gasteiger partial charge in [0.25, 0.3) is 0 Å². The van der Waals surface area contributed by atoms with Crippen LogP contribution in [0.2, 0.25) is 0 Å². The van der Waals surface area contributed by atoms with Gasteiger partial charge in [-0.2, -0.15) is 5.10 Å². The third-order valence-electron chi connectivity index (χ3n) is 2.44. The van der Waals surface area contributed by atoms with Crippen molar-refractivity contribution in [2.24, 2.45) is 16.6 Å². The van der Waals surface area contributed by atoms with Crippen molar-refractivity contribution in [1.82, 2.24) is 15.1 Å². The molecule has 6 nitrogen and oxygen atoms in total. The zero-order valence-electron chi connectivity index (χ0n) is 11.3. The lowest BCUT2D eigenvalue weighted by Crippen LogP contribution is -2.41. The number of nitrogens with one attached hydrogen (secondary N) is 1. The topological polar surface area (TPSA) is 77.5 Å². The number of hydrogen-bond acceptors (Lipinski definition) is 3. The molecule has 102 valence electrons. The molecule has 0 saturated heterocycles. The number of ether oxygens (including phenoxy) is 1. The summed E-state index contributed by atoms with van der Waals surface area (Å²) in [4.78, 5) is 4.31. The van der Waals surface area contributed by atoms with Crippen molar-refractivity contribution in [2.75, 3.05) is 20.3 Å². The first-order valence-corrected chi connectivity index (χ1v) is 6.14. The highest BCUT2D eigenvalue weighted by Gasteiger charge is 2.04. The molecule has 0 bridgehead atoms. The summed E-state index contributed by atoms with van der Waals surface area (Å²) in [6.45, 7) is 6.25. The normalized spacial score (nSPS) is 15.4. The summed E-state index contributed by atoms with van der Waals surface area (Å²) < 4.78 is 6.92. The Morgan fingerprint density at radius 1 is 1.56 bits per heavy atom. The van der Waals surface area contributed by atoms with Crippen LogP contribution < -0.4 is 11.1 Å². The smallest absolute Gasteiger partial charge is 0.188 e. The molecule has 0 amide bonds. The van der Waals surface area contributed by atoms with E-state index in [1.165, 1.54) is 0 Å². The number of rotatable bonds is 7. The number of hydrogen-bond donors (Lipinski definition) is 2. The maximum absolute atomic E-state index is 5.79. The van der Waals surface area contributed by atoms with Gasteiger partial charge in [0.1, 0.15) is 0 Å². The van der Waals surface area contributed by atoms with Gasteiger partial charge in [-0.25, -0.2) is 0 Å². The van der Waals surface area contributed by atoms with Gasteiger partial charge < -0.3 is 15.8 Å². The minimum atomic E-state index is 0.167. The second kappa shape index (κ2) is 7.71. The van der Waals surface area contributed by atoms with E-state index in [4.69, 9.17) is 10.5 Å². The van der Waals surface area contributed by atoms with Crippen LogP contribution in [-0.2, 0) is 11.3 Å². The lowest BCUT2D eigenvalue weighted by Gasteiger charge is -2.14. The van der Waals surface area contributed by atoms with E-state index in [9.17, 15) is 0 Å². The van der Waals surface area contributed by atoms with Crippen molar-refractivity contribution in [3.63, 3.8) is 0 Å². The van der Waals surface area contributed by atoms with Crippen molar-refractivity contribution in [3.8, 4) is 0 Å². The van der Waals surface area contributed by atoms with E-state index in [-0.39, 0.29) is 6.04 Å². The van der Waals surface area contributed by atoms with E-state index >= 15 is 0 Å². The lowest BCUT2D eigenvalue weighted by atomic mass is 10.2. The molecule has 2 atom stereocenters. The second-order valence-electron chi connectivity index (χ2n) is 4.56. The number of guanidine groups is 1. The van der Waals surface area contributed by atoms with Crippen molar-refractivity contribution in [1.29, 1.82) is 0 Å². The quantitative estimate of drug-likeness (QED) is 0.546. The first kappa shape index (κ1) is 14.5. The first-order valence-electron chi connectivity index (χ1n) is 6.14.